The maximum absolute atomic E-state index is 11.8. The van der Waals surface area contributed by atoms with Crippen molar-refractivity contribution in [3.8, 4) is 0 Å². The highest BCUT2D eigenvalue weighted by Crippen LogP contribution is 2.10. The van der Waals surface area contributed by atoms with Crippen molar-refractivity contribution in [2.75, 3.05) is 19.0 Å². The Bertz CT molecular complexity index is 397. The van der Waals surface area contributed by atoms with Crippen molar-refractivity contribution in [1.82, 2.24) is 10.5 Å². The molecule has 1 aromatic rings. The fourth-order valence-electron chi connectivity index (χ4n) is 1.06. The number of amides is 1. The van der Waals surface area contributed by atoms with Crippen LogP contribution in [0.3, 0.4) is 0 Å². The van der Waals surface area contributed by atoms with Crippen molar-refractivity contribution in [2.24, 2.45) is 0 Å². The van der Waals surface area contributed by atoms with Gasteiger partial charge in [-0.15, -0.1) is 0 Å². The lowest BCUT2D eigenvalue weighted by Gasteiger charge is -2.19. The normalized spacial score (nSPS) is 11.1. The summed E-state index contributed by atoms with van der Waals surface area (Å²) in [4.78, 5) is 23.0. The van der Waals surface area contributed by atoms with Gasteiger partial charge in [0.25, 0.3) is 5.91 Å². The lowest BCUT2D eigenvalue weighted by atomic mass is 10.2. The van der Waals surface area contributed by atoms with Gasteiger partial charge in [-0.1, -0.05) is 0 Å². The van der Waals surface area contributed by atoms with E-state index in [-0.39, 0.29) is 5.91 Å². The zero-order valence-corrected chi connectivity index (χ0v) is 10.9. The Balaban J connectivity index is 2.72. The number of nitrogens with one attached hydrogen (secondary N) is 1. The van der Waals surface area contributed by atoms with Gasteiger partial charge in [-0.25, -0.2) is 10.5 Å². The van der Waals surface area contributed by atoms with Crippen LogP contribution in [0.1, 0.15) is 31.1 Å². The fourth-order valence-corrected chi connectivity index (χ4v) is 1.06. The third-order valence-corrected chi connectivity index (χ3v) is 1.92. The Morgan fingerprint density at radius 1 is 1.41 bits per heavy atom. The molecule has 1 N–H and O–H groups in total. The predicted octanol–water partition coefficient (Wildman–Crippen LogP) is 1.61. The molecule has 94 valence electrons. The Morgan fingerprint density at radius 3 is 2.59 bits per heavy atom. The van der Waals surface area contributed by atoms with Gasteiger partial charge in [0.05, 0.1) is 5.60 Å². The molecule has 0 fully saturated rings. The lowest BCUT2D eigenvalue weighted by Crippen LogP contribution is -2.33. The molecule has 0 aromatic carbocycles. The summed E-state index contributed by atoms with van der Waals surface area (Å²) < 4.78 is 0. The van der Waals surface area contributed by atoms with E-state index in [1.54, 1.807) is 18.3 Å². The van der Waals surface area contributed by atoms with Crippen LogP contribution in [-0.2, 0) is 4.84 Å². The van der Waals surface area contributed by atoms with Crippen LogP contribution in [0.5, 0.6) is 0 Å². The second kappa shape index (κ2) is 5.14. The summed E-state index contributed by atoms with van der Waals surface area (Å²) in [5.74, 6) is 0.457. The van der Waals surface area contributed by atoms with Crippen molar-refractivity contribution in [1.29, 1.82) is 0 Å². The maximum Gasteiger partial charge on any atom is 0.275 e. The Labute approximate surface area is 102 Å². The highest BCUT2D eigenvalue weighted by Gasteiger charge is 2.14. The average Bonchev–Trinajstić information content (AvgIpc) is 2.25. The zero-order valence-electron chi connectivity index (χ0n) is 10.9. The number of rotatable bonds is 3. The summed E-state index contributed by atoms with van der Waals surface area (Å²) in [6, 6.07) is 3.36. The molecule has 0 saturated heterocycles. The van der Waals surface area contributed by atoms with Crippen molar-refractivity contribution < 1.29 is 9.63 Å². The second-order valence-electron chi connectivity index (χ2n) is 4.94. The van der Waals surface area contributed by atoms with E-state index in [2.05, 4.69) is 10.5 Å². The summed E-state index contributed by atoms with van der Waals surface area (Å²) in [5.41, 5.74) is 2.53. The van der Waals surface area contributed by atoms with Gasteiger partial charge in [0, 0.05) is 25.9 Å². The molecule has 1 aromatic heterocycles. The van der Waals surface area contributed by atoms with Gasteiger partial charge in [-0.2, -0.15) is 0 Å². The minimum atomic E-state index is -0.410. The first-order valence-electron chi connectivity index (χ1n) is 5.41. The molecule has 0 spiro atoms. The third-order valence-electron chi connectivity index (χ3n) is 1.92. The van der Waals surface area contributed by atoms with Crippen LogP contribution < -0.4 is 10.4 Å². The predicted molar refractivity (Wildman–Crippen MR) is 66.9 cm³/mol. The molecule has 0 unspecified atom stereocenters. The number of pyridine rings is 1. The first kappa shape index (κ1) is 13.4. The van der Waals surface area contributed by atoms with Crippen LogP contribution in [0.25, 0.3) is 0 Å². The third kappa shape index (κ3) is 4.40. The molecule has 0 radical (unpaired) electrons. The number of aromatic nitrogens is 1. The molecule has 5 heteroatoms. The van der Waals surface area contributed by atoms with Gasteiger partial charge < -0.3 is 4.90 Å². The topological polar surface area (TPSA) is 54.5 Å². The average molecular weight is 237 g/mol. The first-order valence-corrected chi connectivity index (χ1v) is 5.41. The minimum absolute atomic E-state index is 0.273. The van der Waals surface area contributed by atoms with E-state index in [1.807, 2.05) is 39.8 Å². The first-order chi connectivity index (χ1) is 7.79. The Kier molecular flexibility index (Phi) is 4.07. The molecule has 1 amide bonds. The second-order valence-corrected chi connectivity index (χ2v) is 4.94. The standard InChI is InChI=1S/C12H19N3O2/c1-12(2,3)17-14-11(16)9-6-7-13-10(8-9)15(4)5/h6-8H,1-5H3,(H,14,16). The molecule has 0 aliphatic carbocycles. The number of hydrogen-bond acceptors (Lipinski definition) is 4. The number of anilines is 1. The summed E-state index contributed by atoms with van der Waals surface area (Å²) in [6.07, 6.45) is 1.60. The SMILES string of the molecule is CN(C)c1cc(C(=O)NOC(C)(C)C)ccn1. The van der Waals surface area contributed by atoms with Crippen LogP contribution in [0.2, 0.25) is 0 Å². The van der Waals surface area contributed by atoms with E-state index in [1.165, 1.54) is 0 Å². The van der Waals surface area contributed by atoms with E-state index in [0.717, 1.165) is 5.82 Å². The minimum Gasteiger partial charge on any atom is -0.363 e. The van der Waals surface area contributed by atoms with Gasteiger partial charge in [0.15, 0.2) is 0 Å². The molecular formula is C12H19N3O2. The summed E-state index contributed by atoms with van der Waals surface area (Å²) in [7, 11) is 3.74. The lowest BCUT2D eigenvalue weighted by molar-refractivity contribution is -0.0589. The smallest absolute Gasteiger partial charge is 0.275 e. The molecule has 0 bridgehead atoms. The molecule has 0 saturated carbocycles. The molecule has 5 nitrogen and oxygen atoms in total. The van der Waals surface area contributed by atoms with Crippen molar-refractivity contribution in [3.63, 3.8) is 0 Å². The molecule has 0 atom stereocenters. The molecule has 1 heterocycles. The van der Waals surface area contributed by atoms with Gasteiger partial charge in [-0.3, -0.25) is 9.63 Å². The number of nitrogens with zero attached hydrogens (tertiary/aromatic N) is 2. The van der Waals surface area contributed by atoms with Gasteiger partial charge in [-0.05, 0) is 32.9 Å². The molecule has 17 heavy (non-hydrogen) atoms. The van der Waals surface area contributed by atoms with Crippen LogP contribution >= 0.6 is 0 Å². The summed E-state index contributed by atoms with van der Waals surface area (Å²) in [6.45, 7) is 5.60. The van der Waals surface area contributed by atoms with Crippen molar-refractivity contribution in [2.45, 2.75) is 26.4 Å². The Hall–Kier alpha value is -1.62. The zero-order chi connectivity index (χ0) is 13.1. The number of carbonyl (C=O) groups is 1. The highest BCUT2D eigenvalue weighted by atomic mass is 16.7. The van der Waals surface area contributed by atoms with E-state index < -0.39 is 5.60 Å². The summed E-state index contributed by atoms with van der Waals surface area (Å²) >= 11 is 0. The summed E-state index contributed by atoms with van der Waals surface area (Å²) in [5, 5.41) is 0. The quantitative estimate of drug-likeness (QED) is 0.811. The van der Waals surface area contributed by atoms with E-state index in [9.17, 15) is 4.79 Å². The molecular weight excluding hydrogens is 218 g/mol. The van der Waals surface area contributed by atoms with E-state index >= 15 is 0 Å². The largest absolute Gasteiger partial charge is 0.363 e. The van der Waals surface area contributed by atoms with E-state index in [4.69, 9.17) is 4.84 Å². The van der Waals surface area contributed by atoms with Crippen LogP contribution in [0, 0.1) is 0 Å². The van der Waals surface area contributed by atoms with Crippen molar-refractivity contribution in [3.05, 3.63) is 23.9 Å². The van der Waals surface area contributed by atoms with E-state index in [0.29, 0.717) is 5.56 Å². The maximum atomic E-state index is 11.8. The van der Waals surface area contributed by atoms with Crippen LogP contribution in [-0.4, -0.2) is 30.6 Å². The highest BCUT2D eigenvalue weighted by molar-refractivity contribution is 5.94. The number of carbonyl (C=O) groups excluding carboxylic acids is 1. The van der Waals surface area contributed by atoms with Gasteiger partial charge >= 0.3 is 0 Å². The van der Waals surface area contributed by atoms with Crippen LogP contribution in [0.15, 0.2) is 18.3 Å². The molecule has 0 aliphatic rings. The molecule has 1 rings (SSSR count). The van der Waals surface area contributed by atoms with Gasteiger partial charge in [0.1, 0.15) is 5.82 Å². The monoisotopic (exact) mass is 237 g/mol. The Morgan fingerprint density at radius 2 is 2.06 bits per heavy atom. The number of hydrogen-bond donors (Lipinski definition) is 1. The van der Waals surface area contributed by atoms with Gasteiger partial charge in [0.2, 0.25) is 0 Å². The van der Waals surface area contributed by atoms with Crippen LogP contribution in [0.4, 0.5) is 5.82 Å². The number of hydroxylamine groups is 1. The fraction of sp³-hybridized carbons (Fsp3) is 0.500. The van der Waals surface area contributed by atoms with Crippen molar-refractivity contribution >= 4 is 11.7 Å². The molecule has 0 aliphatic heterocycles.